The van der Waals surface area contributed by atoms with E-state index in [4.69, 9.17) is 9.47 Å². The van der Waals surface area contributed by atoms with Gasteiger partial charge in [-0.2, -0.15) is 0 Å². The molecular formula is C12H20O5. The number of carbonyl (C=O) groups is 1. The van der Waals surface area contributed by atoms with Crippen LogP contribution in [0.4, 0.5) is 0 Å². The lowest BCUT2D eigenvalue weighted by Crippen LogP contribution is -2.22. The Labute approximate surface area is 101 Å². The van der Waals surface area contributed by atoms with Crippen LogP contribution in [0.25, 0.3) is 0 Å². The normalized spacial score (nSPS) is 22.6. The van der Waals surface area contributed by atoms with Gasteiger partial charge >= 0.3 is 5.97 Å². The number of rotatable bonds is 6. The molecule has 98 valence electrons. The Morgan fingerprint density at radius 1 is 1.53 bits per heavy atom. The predicted molar refractivity (Wildman–Crippen MR) is 61.1 cm³/mol. The first-order chi connectivity index (χ1) is 8.18. The second-order valence-corrected chi connectivity index (χ2v) is 3.90. The molecule has 0 radical (unpaired) electrons. The second-order valence-electron chi connectivity index (χ2n) is 3.90. The molecule has 1 saturated heterocycles. The Morgan fingerprint density at radius 3 is 3.00 bits per heavy atom. The molecule has 0 aliphatic carbocycles. The Morgan fingerprint density at radius 2 is 2.35 bits per heavy atom. The third kappa shape index (κ3) is 7.10. The van der Waals surface area contributed by atoms with Gasteiger partial charge in [0.1, 0.15) is 0 Å². The smallest absolute Gasteiger partial charge is 0.304 e. The SMILES string of the molecule is CC(=O)OC(O)C/C=C/COC1CCCCO1. The molecular weight excluding hydrogens is 224 g/mol. The van der Waals surface area contributed by atoms with Gasteiger partial charge in [-0.25, -0.2) is 0 Å². The number of aliphatic hydroxyl groups excluding tert-OH is 1. The van der Waals surface area contributed by atoms with E-state index < -0.39 is 12.3 Å². The van der Waals surface area contributed by atoms with Gasteiger partial charge in [0, 0.05) is 20.0 Å². The fourth-order valence-electron chi connectivity index (χ4n) is 1.53. The first-order valence-corrected chi connectivity index (χ1v) is 5.92. The van der Waals surface area contributed by atoms with Crippen molar-refractivity contribution < 1.29 is 24.1 Å². The van der Waals surface area contributed by atoms with Crippen molar-refractivity contribution in [3.8, 4) is 0 Å². The van der Waals surface area contributed by atoms with Crippen molar-refractivity contribution in [2.45, 2.75) is 45.2 Å². The number of aliphatic hydroxyl groups is 1. The van der Waals surface area contributed by atoms with E-state index in [-0.39, 0.29) is 12.7 Å². The molecule has 1 heterocycles. The lowest BCUT2D eigenvalue weighted by Gasteiger charge is -2.21. The van der Waals surface area contributed by atoms with E-state index in [1.165, 1.54) is 6.92 Å². The van der Waals surface area contributed by atoms with Gasteiger partial charge in [-0.05, 0) is 19.3 Å². The van der Waals surface area contributed by atoms with Crippen molar-refractivity contribution in [2.24, 2.45) is 0 Å². The maximum atomic E-state index is 10.5. The molecule has 0 amide bonds. The van der Waals surface area contributed by atoms with Crippen molar-refractivity contribution in [3.05, 3.63) is 12.2 Å². The number of ether oxygens (including phenoxy) is 3. The molecule has 0 aromatic rings. The topological polar surface area (TPSA) is 65.0 Å². The molecule has 5 nitrogen and oxygen atoms in total. The van der Waals surface area contributed by atoms with E-state index in [0.29, 0.717) is 6.61 Å². The zero-order valence-corrected chi connectivity index (χ0v) is 10.1. The minimum atomic E-state index is -1.07. The summed E-state index contributed by atoms with van der Waals surface area (Å²) in [6.07, 6.45) is 5.77. The van der Waals surface area contributed by atoms with Gasteiger partial charge < -0.3 is 19.3 Å². The molecule has 1 N–H and O–H groups in total. The lowest BCUT2D eigenvalue weighted by atomic mass is 10.2. The Kier molecular flexibility index (Phi) is 6.84. The molecule has 1 fully saturated rings. The lowest BCUT2D eigenvalue weighted by molar-refractivity contribution is -0.164. The summed E-state index contributed by atoms with van der Waals surface area (Å²) in [5.74, 6) is -0.488. The Bertz CT molecular complexity index is 245. The van der Waals surface area contributed by atoms with Gasteiger partial charge in [-0.1, -0.05) is 12.2 Å². The van der Waals surface area contributed by atoms with Crippen LogP contribution in [0.5, 0.6) is 0 Å². The second kappa shape index (κ2) is 8.22. The van der Waals surface area contributed by atoms with Crippen LogP contribution in [0.2, 0.25) is 0 Å². The van der Waals surface area contributed by atoms with Gasteiger partial charge in [0.2, 0.25) is 6.29 Å². The highest BCUT2D eigenvalue weighted by molar-refractivity contribution is 5.66. The standard InChI is InChI=1S/C12H20O5/c1-10(13)17-11(14)6-2-4-8-15-12-7-3-5-9-16-12/h2,4,11-12,14H,3,5-9H2,1H3/b4-2+. The summed E-state index contributed by atoms with van der Waals surface area (Å²) in [5, 5.41) is 9.21. The zero-order chi connectivity index (χ0) is 12.5. The van der Waals surface area contributed by atoms with Gasteiger partial charge in [0.05, 0.1) is 6.61 Å². The summed E-state index contributed by atoms with van der Waals surface area (Å²) in [6.45, 7) is 2.47. The molecule has 0 aromatic carbocycles. The van der Waals surface area contributed by atoms with E-state index >= 15 is 0 Å². The highest BCUT2D eigenvalue weighted by atomic mass is 16.7. The van der Waals surface area contributed by atoms with Crippen LogP contribution in [0.1, 0.15) is 32.6 Å². The predicted octanol–water partition coefficient (Wildman–Crippen LogP) is 1.36. The summed E-state index contributed by atoms with van der Waals surface area (Å²) in [7, 11) is 0. The van der Waals surface area contributed by atoms with Crippen molar-refractivity contribution in [3.63, 3.8) is 0 Å². The molecule has 1 aliphatic rings. The summed E-state index contributed by atoms with van der Waals surface area (Å²) < 4.78 is 15.4. The van der Waals surface area contributed by atoms with Crippen LogP contribution in [0, 0.1) is 0 Å². The molecule has 17 heavy (non-hydrogen) atoms. The first-order valence-electron chi connectivity index (χ1n) is 5.92. The number of carbonyl (C=O) groups excluding carboxylic acids is 1. The molecule has 0 aromatic heterocycles. The van der Waals surface area contributed by atoms with E-state index in [9.17, 15) is 9.90 Å². The van der Waals surface area contributed by atoms with Gasteiger partial charge in [-0.3, -0.25) is 4.79 Å². The Balaban J connectivity index is 2.03. The van der Waals surface area contributed by atoms with Crippen LogP contribution in [-0.4, -0.2) is 36.9 Å². The highest BCUT2D eigenvalue weighted by Crippen LogP contribution is 2.13. The van der Waals surface area contributed by atoms with E-state index in [1.54, 1.807) is 12.2 Å². The van der Waals surface area contributed by atoms with Crippen LogP contribution in [0.3, 0.4) is 0 Å². The fourth-order valence-corrected chi connectivity index (χ4v) is 1.53. The van der Waals surface area contributed by atoms with E-state index in [1.807, 2.05) is 0 Å². The molecule has 1 rings (SSSR count). The monoisotopic (exact) mass is 244 g/mol. The van der Waals surface area contributed by atoms with Crippen LogP contribution >= 0.6 is 0 Å². The molecule has 5 heteroatoms. The average Bonchev–Trinajstić information content (AvgIpc) is 2.29. The number of hydrogen-bond acceptors (Lipinski definition) is 5. The molecule has 0 spiro atoms. The maximum absolute atomic E-state index is 10.5. The van der Waals surface area contributed by atoms with Crippen LogP contribution in [0.15, 0.2) is 12.2 Å². The van der Waals surface area contributed by atoms with Gasteiger partial charge in [-0.15, -0.1) is 0 Å². The van der Waals surface area contributed by atoms with E-state index in [2.05, 4.69) is 4.74 Å². The van der Waals surface area contributed by atoms with Crippen molar-refractivity contribution in [1.82, 2.24) is 0 Å². The van der Waals surface area contributed by atoms with E-state index in [0.717, 1.165) is 25.9 Å². The first kappa shape index (κ1) is 14.2. The molecule has 0 saturated carbocycles. The highest BCUT2D eigenvalue weighted by Gasteiger charge is 2.12. The largest absolute Gasteiger partial charge is 0.436 e. The van der Waals surface area contributed by atoms with Crippen molar-refractivity contribution in [2.75, 3.05) is 13.2 Å². The molecule has 0 bridgehead atoms. The summed E-state index contributed by atoms with van der Waals surface area (Å²) in [5.41, 5.74) is 0. The zero-order valence-electron chi connectivity index (χ0n) is 10.1. The molecule has 2 atom stereocenters. The Hall–Kier alpha value is -0.910. The summed E-state index contributed by atoms with van der Waals surface area (Å²) >= 11 is 0. The third-order valence-corrected chi connectivity index (χ3v) is 2.32. The number of esters is 1. The fraction of sp³-hybridized carbons (Fsp3) is 0.750. The van der Waals surface area contributed by atoms with Crippen LogP contribution < -0.4 is 0 Å². The molecule has 1 aliphatic heterocycles. The quantitative estimate of drug-likeness (QED) is 0.434. The maximum Gasteiger partial charge on any atom is 0.304 e. The van der Waals surface area contributed by atoms with Gasteiger partial charge in [0.15, 0.2) is 6.29 Å². The third-order valence-electron chi connectivity index (χ3n) is 2.32. The van der Waals surface area contributed by atoms with Crippen LogP contribution in [-0.2, 0) is 19.0 Å². The summed E-state index contributed by atoms with van der Waals surface area (Å²) in [4.78, 5) is 10.5. The number of hydrogen-bond donors (Lipinski definition) is 1. The van der Waals surface area contributed by atoms with Gasteiger partial charge in [0.25, 0.3) is 0 Å². The minimum absolute atomic E-state index is 0.105. The summed E-state index contributed by atoms with van der Waals surface area (Å²) in [6, 6.07) is 0. The minimum Gasteiger partial charge on any atom is -0.436 e. The van der Waals surface area contributed by atoms with Crippen molar-refractivity contribution >= 4 is 5.97 Å². The average molecular weight is 244 g/mol. The molecule has 2 unspecified atom stereocenters. The van der Waals surface area contributed by atoms with Crippen molar-refractivity contribution in [1.29, 1.82) is 0 Å².